The van der Waals surface area contributed by atoms with Gasteiger partial charge in [-0.3, -0.25) is 0 Å². The molecule has 2 aromatic heterocycles. The van der Waals surface area contributed by atoms with Gasteiger partial charge < -0.3 is 24.7 Å². The molecule has 0 saturated carbocycles. The Morgan fingerprint density at radius 1 is 0.818 bits per heavy atom. The van der Waals surface area contributed by atoms with Crippen LogP contribution in [0.4, 0.5) is 10.2 Å². The summed E-state index contributed by atoms with van der Waals surface area (Å²) in [5.74, 6) is 0.221. The third-order valence-corrected chi connectivity index (χ3v) is 7.82. The SMILES string of the molecule is N#C[C@]1(c2ccc3c(N)ncnn23)O[C@](CF)(COCc2ccccc2)[C@@H](OCc2ccccc2)[C@H]1OCc1ccccc1. The molecule has 0 aliphatic carbocycles. The van der Waals surface area contributed by atoms with Crippen LogP contribution in [0.1, 0.15) is 22.4 Å². The van der Waals surface area contributed by atoms with Gasteiger partial charge in [0.25, 0.3) is 0 Å². The van der Waals surface area contributed by atoms with E-state index in [1.54, 1.807) is 12.1 Å². The van der Waals surface area contributed by atoms with Crippen LogP contribution in [0.5, 0.6) is 0 Å². The summed E-state index contributed by atoms with van der Waals surface area (Å²) < 4.78 is 42.8. The summed E-state index contributed by atoms with van der Waals surface area (Å²) in [5, 5.41) is 15.3. The Labute approximate surface area is 254 Å². The van der Waals surface area contributed by atoms with Crippen LogP contribution in [0.3, 0.4) is 0 Å². The number of nitrogens with two attached hydrogens (primary N) is 1. The van der Waals surface area contributed by atoms with Crippen molar-refractivity contribution in [3.8, 4) is 6.07 Å². The number of hydrogen-bond acceptors (Lipinski definition) is 8. The molecule has 4 atom stereocenters. The van der Waals surface area contributed by atoms with Crippen LogP contribution in [0, 0.1) is 11.3 Å². The quantitative estimate of drug-likeness (QED) is 0.211. The second-order valence-corrected chi connectivity index (χ2v) is 10.7. The fourth-order valence-electron chi connectivity index (χ4n) is 5.64. The average Bonchev–Trinajstić information content (AvgIpc) is 3.63. The summed E-state index contributed by atoms with van der Waals surface area (Å²) in [5.41, 5.74) is 6.01. The Bertz CT molecular complexity index is 1720. The number of nitrogens with zero attached hydrogens (tertiary/aromatic N) is 4. The molecule has 1 fully saturated rings. The van der Waals surface area contributed by atoms with Crippen molar-refractivity contribution in [2.45, 2.75) is 43.2 Å². The smallest absolute Gasteiger partial charge is 0.226 e. The van der Waals surface area contributed by atoms with E-state index in [0.717, 1.165) is 16.7 Å². The van der Waals surface area contributed by atoms with Crippen molar-refractivity contribution in [3.05, 3.63) is 132 Å². The molecule has 0 radical (unpaired) electrons. The van der Waals surface area contributed by atoms with Crippen LogP contribution in [0.25, 0.3) is 5.52 Å². The first-order chi connectivity index (χ1) is 21.6. The number of fused-ring (bicyclic) bond motifs is 1. The Kier molecular flexibility index (Phi) is 8.63. The molecule has 0 bridgehead atoms. The van der Waals surface area contributed by atoms with Gasteiger partial charge >= 0.3 is 0 Å². The fourth-order valence-corrected chi connectivity index (χ4v) is 5.64. The van der Waals surface area contributed by atoms with Crippen LogP contribution in [0.15, 0.2) is 109 Å². The molecule has 0 unspecified atom stereocenters. The molecule has 3 aromatic carbocycles. The van der Waals surface area contributed by atoms with Gasteiger partial charge in [0.2, 0.25) is 5.60 Å². The fraction of sp³-hybridized carbons (Fsp3) is 0.265. The molecule has 224 valence electrons. The second kappa shape index (κ2) is 12.9. The lowest BCUT2D eigenvalue weighted by atomic mass is 9.88. The van der Waals surface area contributed by atoms with Crippen molar-refractivity contribution >= 4 is 11.3 Å². The highest BCUT2D eigenvalue weighted by Crippen LogP contribution is 2.49. The minimum absolute atomic E-state index is 0.122. The third kappa shape index (κ3) is 5.66. The van der Waals surface area contributed by atoms with Crippen molar-refractivity contribution in [1.29, 1.82) is 5.26 Å². The second-order valence-electron chi connectivity index (χ2n) is 10.7. The average molecular weight is 594 g/mol. The molecular weight excluding hydrogens is 561 g/mol. The highest BCUT2D eigenvalue weighted by atomic mass is 19.1. The molecule has 1 aliphatic rings. The minimum atomic E-state index is -1.86. The van der Waals surface area contributed by atoms with Gasteiger partial charge in [0, 0.05) is 0 Å². The first-order valence-electron chi connectivity index (χ1n) is 14.3. The Morgan fingerprint density at radius 3 is 1.95 bits per heavy atom. The first kappa shape index (κ1) is 29.4. The predicted molar refractivity (Wildman–Crippen MR) is 161 cm³/mol. The first-order valence-corrected chi connectivity index (χ1v) is 14.3. The van der Waals surface area contributed by atoms with Crippen LogP contribution >= 0.6 is 0 Å². The zero-order chi connectivity index (χ0) is 30.4. The number of aromatic nitrogens is 3. The number of nitriles is 1. The maximum absolute atomic E-state index is 15.6. The maximum atomic E-state index is 15.6. The summed E-state index contributed by atoms with van der Waals surface area (Å²) in [6.07, 6.45) is -0.862. The predicted octanol–water partition coefficient (Wildman–Crippen LogP) is 5.16. The number of anilines is 1. The molecule has 0 amide bonds. The third-order valence-electron chi connectivity index (χ3n) is 7.82. The van der Waals surface area contributed by atoms with Gasteiger partial charge in [-0.25, -0.2) is 13.9 Å². The van der Waals surface area contributed by atoms with Gasteiger partial charge in [-0.15, -0.1) is 0 Å². The largest absolute Gasteiger partial charge is 0.382 e. The minimum Gasteiger partial charge on any atom is -0.382 e. The molecule has 0 spiro atoms. The number of nitrogen functional groups attached to an aromatic ring is 1. The Balaban J connectivity index is 1.43. The molecule has 44 heavy (non-hydrogen) atoms. The summed E-state index contributed by atoms with van der Waals surface area (Å²) in [6.45, 7) is -0.739. The molecule has 10 heteroatoms. The monoisotopic (exact) mass is 593 g/mol. The van der Waals surface area contributed by atoms with E-state index in [1.807, 2.05) is 91.0 Å². The lowest BCUT2D eigenvalue weighted by Crippen LogP contribution is -2.51. The van der Waals surface area contributed by atoms with Crippen molar-refractivity contribution in [2.24, 2.45) is 0 Å². The molecule has 2 N–H and O–H groups in total. The lowest BCUT2D eigenvalue weighted by Gasteiger charge is -2.32. The van der Waals surface area contributed by atoms with Crippen molar-refractivity contribution < 1.29 is 23.3 Å². The molecule has 6 rings (SSSR count). The summed E-state index contributed by atoms with van der Waals surface area (Å²) in [6, 6.07) is 34.3. The van der Waals surface area contributed by atoms with E-state index in [-0.39, 0.29) is 32.2 Å². The van der Waals surface area contributed by atoms with Crippen LogP contribution in [0.2, 0.25) is 0 Å². The zero-order valence-electron chi connectivity index (χ0n) is 24.0. The molecule has 9 nitrogen and oxygen atoms in total. The summed E-state index contributed by atoms with van der Waals surface area (Å²) >= 11 is 0. The number of benzene rings is 3. The Morgan fingerprint density at radius 2 is 1.39 bits per heavy atom. The van der Waals surface area contributed by atoms with E-state index in [2.05, 4.69) is 16.2 Å². The van der Waals surface area contributed by atoms with Crippen molar-refractivity contribution in [3.63, 3.8) is 0 Å². The number of rotatable bonds is 12. The molecule has 5 aromatic rings. The van der Waals surface area contributed by atoms with E-state index in [9.17, 15) is 5.26 Å². The summed E-state index contributed by atoms with van der Waals surface area (Å²) in [7, 11) is 0. The zero-order valence-corrected chi connectivity index (χ0v) is 24.0. The lowest BCUT2D eigenvalue weighted by molar-refractivity contribution is -0.168. The molecule has 3 heterocycles. The van der Waals surface area contributed by atoms with Gasteiger partial charge in [-0.2, -0.15) is 10.4 Å². The van der Waals surface area contributed by atoms with E-state index in [0.29, 0.717) is 11.2 Å². The number of ether oxygens (including phenoxy) is 4. The highest BCUT2D eigenvalue weighted by Gasteiger charge is 2.67. The normalized spacial score (nSPS) is 23.1. The van der Waals surface area contributed by atoms with Gasteiger partial charge in [0.1, 0.15) is 36.8 Å². The topological polar surface area (TPSA) is 117 Å². The Hall–Kier alpha value is -4.66. The number of alkyl halides is 1. The van der Waals surface area contributed by atoms with E-state index in [4.69, 9.17) is 24.7 Å². The standard InChI is InChI=1S/C34H32FN5O4/c35-21-33(23-41-18-25-10-4-1-5-11-25)30(42-19-26-12-6-2-7-13-26)31(43-20-27-14-8-3-9-15-27)34(22-36,44-33)29-17-16-28-32(37)38-24-39-40(28)29/h1-17,24,30-31H,18-21,23H2,(H2,37,38,39)/t30-,31+,33+,34+/m0/s1. The van der Waals surface area contributed by atoms with Gasteiger partial charge in [-0.1, -0.05) is 91.0 Å². The van der Waals surface area contributed by atoms with Crippen LogP contribution in [-0.2, 0) is 44.4 Å². The number of hydrogen-bond donors (Lipinski definition) is 1. The van der Waals surface area contributed by atoms with Crippen LogP contribution in [-0.4, -0.2) is 45.7 Å². The maximum Gasteiger partial charge on any atom is 0.226 e. The van der Waals surface area contributed by atoms with Gasteiger partial charge in [-0.05, 0) is 28.8 Å². The van der Waals surface area contributed by atoms with E-state index in [1.165, 1.54) is 10.8 Å². The van der Waals surface area contributed by atoms with Gasteiger partial charge in [0.05, 0.1) is 32.1 Å². The molecule has 1 saturated heterocycles. The van der Waals surface area contributed by atoms with Crippen molar-refractivity contribution in [2.75, 3.05) is 19.0 Å². The van der Waals surface area contributed by atoms with Gasteiger partial charge in [0.15, 0.2) is 11.4 Å². The van der Waals surface area contributed by atoms with E-state index >= 15 is 4.39 Å². The van der Waals surface area contributed by atoms with Crippen molar-refractivity contribution in [1.82, 2.24) is 14.6 Å². The van der Waals surface area contributed by atoms with Crippen LogP contribution < -0.4 is 5.73 Å². The molecule has 1 aliphatic heterocycles. The number of halogens is 1. The molecular formula is C34H32FN5O4. The summed E-state index contributed by atoms with van der Waals surface area (Å²) in [4.78, 5) is 4.07. The highest BCUT2D eigenvalue weighted by molar-refractivity contribution is 5.66. The van der Waals surface area contributed by atoms with E-state index < -0.39 is 30.1 Å².